The molecule has 2 N–H and O–H groups in total. The summed E-state index contributed by atoms with van der Waals surface area (Å²) in [6.45, 7) is 3.44. The maximum Gasteiger partial charge on any atom is 0.225 e. The van der Waals surface area contributed by atoms with E-state index in [1.54, 1.807) is 4.90 Å². The molecule has 1 aliphatic heterocycles. The summed E-state index contributed by atoms with van der Waals surface area (Å²) in [5.74, 6) is -0.104. The molecule has 0 aromatic heterocycles. The van der Waals surface area contributed by atoms with Crippen LogP contribution in [0.15, 0.2) is 0 Å². The zero-order valence-electron chi connectivity index (χ0n) is 12.3. The molecular weight excluding hydrogens is 303 g/mol. The maximum atomic E-state index is 11.8. The summed E-state index contributed by atoms with van der Waals surface area (Å²) in [7, 11) is 5.79. The van der Waals surface area contributed by atoms with Gasteiger partial charge in [0.15, 0.2) is 0 Å². The van der Waals surface area contributed by atoms with Crippen LogP contribution in [0.4, 0.5) is 0 Å². The predicted molar refractivity (Wildman–Crippen MR) is 84.7 cm³/mol. The second kappa shape index (κ2) is 11.1. The van der Waals surface area contributed by atoms with E-state index in [9.17, 15) is 9.59 Å². The van der Waals surface area contributed by atoms with E-state index in [0.717, 1.165) is 13.1 Å². The summed E-state index contributed by atoms with van der Waals surface area (Å²) in [6, 6.07) is 0. The zero-order valence-corrected chi connectivity index (χ0v) is 14.0. The van der Waals surface area contributed by atoms with Gasteiger partial charge < -0.3 is 20.4 Å². The van der Waals surface area contributed by atoms with E-state index < -0.39 is 0 Å². The van der Waals surface area contributed by atoms with Crippen LogP contribution in [0.5, 0.6) is 0 Å². The van der Waals surface area contributed by atoms with Gasteiger partial charge in [0.05, 0.1) is 5.92 Å². The van der Waals surface area contributed by atoms with E-state index in [4.69, 9.17) is 0 Å². The average molecular weight is 329 g/mol. The lowest BCUT2D eigenvalue weighted by Crippen LogP contribution is -2.37. The summed E-state index contributed by atoms with van der Waals surface area (Å²) >= 11 is 0. The molecule has 20 heavy (non-hydrogen) atoms. The molecule has 0 saturated carbocycles. The van der Waals surface area contributed by atoms with Crippen LogP contribution in [-0.4, -0.2) is 75.5 Å². The summed E-state index contributed by atoms with van der Waals surface area (Å²) < 4.78 is 0. The maximum absolute atomic E-state index is 11.8. The smallest absolute Gasteiger partial charge is 0.225 e. The van der Waals surface area contributed by atoms with Crippen LogP contribution in [0, 0.1) is 5.92 Å². The SMILES string of the molecule is CNCCNC(=O)C1CC(=O)N(CCN(C)C)C1.Cl.Cl. The molecule has 2 amide bonds. The minimum Gasteiger partial charge on any atom is -0.355 e. The first-order valence-electron chi connectivity index (χ1n) is 6.39. The molecule has 120 valence electrons. The highest BCUT2D eigenvalue weighted by molar-refractivity contribution is 5.89. The molecular formula is C12H26Cl2N4O2. The van der Waals surface area contributed by atoms with E-state index in [2.05, 4.69) is 10.6 Å². The number of carbonyl (C=O) groups excluding carboxylic acids is 2. The number of likely N-dealkylation sites (N-methyl/N-ethyl adjacent to an activating group) is 2. The van der Waals surface area contributed by atoms with Gasteiger partial charge in [-0.2, -0.15) is 0 Å². The van der Waals surface area contributed by atoms with Gasteiger partial charge in [0.2, 0.25) is 11.8 Å². The van der Waals surface area contributed by atoms with Crippen molar-refractivity contribution in [2.45, 2.75) is 6.42 Å². The predicted octanol–water partition coefficient (Wildman–Crippen LogP) is -0.424. The number of likely N-dealkylation sites (tertiary alicyclic amines) is 1. The Morgan fingerprint density at radius 2 is 2.00 bits per heavy atom. The lowest BCUT2D eigenvalue weighted by atomic mass is 10.1. The Labute approximate surface area is 133 Å². The first-order chi connectivity index (χ1) is 8.54. The third-order valence-electron chi connectivity index (χ3n) is 3.08. The second-order valence-corrected chi connectivity index (χ2v) is 4.94. The fourth-order valence-electron chi connectivity index (χ4n) is 1.94. The largest absolute Gasteiger partial charge is 0.355 e. The van der Waals surface area contributed by atoms with Crippen molar-refractivity contribution in [3.05, 3.63) is 0 Å². The Morgan fingerprint density at radius 3 is 2.55 bits per heavy atom. The third kappa shape index (κ3) is 7.28. The molecule has 1 aliphatic rings. The van der Waals surface area contributed by atoms with Crippen LogP contribution >= 0.6 is 24.8 Å². The standard InChI is InChI=1S/C12H24N4O2.2ClH/c1-13-4-5-14-12(18)10-8-11(17)16(9-10)7-6-15(2)3;;/h10,13H,4-9H2,1-3H3,(H,14,18);2*1H. The van der Waals surface area contributed by atoms with Crippen LogP contribution in [-0.2, 0) is 9.59 Å². The van der Waals surface area contributed by atoms with Gasteiger partial charge in [0.25, 0.3) is 0 Å². The van der Waals surface area contributed by atoms with Gasteiger partial charge in [-0.05, 0) is 21.1 Å². The third-order valence-corrected chi connectivity index (χ3v) is 3.08. The molecule has 0 aromatic carbocycles. The number of halogens is 2. The molecule has 8 heteroatoms. The normalized spacial score (nSPS) is 17.7. The number of rotatable bonds is 7. The lowest BCUT2D eigenvalue weighted by molar-refractivity contribution is -0.129. The fourth-order valence-corrected chi connectivity index (χ4v) is 1.94. The summed E-state index contributed by atoms with van der Waals surface area (Å²) in [5, 5.41) is 5.81. The second-order valence-electron chi connectivity index (χ2n) is 4.94. The van der Waals surface area contributed by atoms with E-state index in [0.29, 0.717) is 26.1 Å². The van der Waals surface area contributed by atoms with Gasteiger partial charge in [0, 0.05) is 39.1 Å². The molecule has 1 fully saturated rings. The Hall–Kier alpha value is -0.560. The highest BCUT2D eigenvalue weighted by Gasteiger charge is 2.33. The fraction of sp³-hybridized carbons (Fsp3) is 0.833. The quantitative estimate of drug-likeness (QED) is 0.623. The Morgan fingerprint density at radius 1 is 1.35 bits per heavy atom. The van der Waals surface area contributed by atoms with Gasteiger partial charge in [-0.25, -0.2) is 0 Å². The molecule has 0 aromatic rings. The molecule has 1 unspecified atom stereocenters. The van der Waals surface area contributed by atoms with Crippen molar-refractivity contribution in [2.24, 2.45) is 5.92 Å². The van der Waals surface area contributed by atoms with Gasteiger partial charge in [-0.15, -0.1) is 24.8 Å². The van der Waals surface area contributed by atoms with E-state index in [-0.39, 0.29) is 42.5 Å². The number of amides is 2. The number of nitrogens with one attached hydrogen (secondary N) is 2. The highest BCUT2D eigenvalue weighted by atomic mass is 35.5. The molecule has 1 atom stereocenters. The minimum absolute atomic E-state index is 0. The Kier molecular flexibility index (Phi) is 12.1. The monoisotopic (exact) mass is 328 g/mol. The number of nitrogens with zero attached hydrogens (tertiary/aromatic N) is 2. The molecule has 1 saturated heterocycles. The van der Waals surface area contributed by atoms with Crippen molar-refractivity contribution in [1.29, 1.82) is 0 Å². The van der Waals surface area contributed by atoms with Crippen LogP contribution in [0.1, 0.15) is 6.42 Å². The Bertz CT molecular complexity index is 303. The lowest BCUT2D eigenvalue weighted by Gasteiger charge is -2.19. The molecule has 6 nitrogen and oxygen atoms in total. The van der Waals surface area contributed by atoms with Crippen molar-refractivity contribution in [2.75, 3.05) is 53.9 Å². The zero-order chi connectivity index (χ0) is 13.5. The molecule has 0 spiro atoms. The Balaban J connectivity index is 0. The van der Waals surface area contributed by atoms with E-state index in [1.807, 2.05) is 26.0 Å². The van der Waals surface area contributed by atoms with Gasteiger partial charge >= 0.3 is 0 Å². The summed E-state index contributed by atoms with van der Waals surface area (Å²) in [5.41, 5.74) is 0. The van der Waals surface area contributed by atoms with Gasteiger partial charge in [0.1, 0.15) is 0 Å². The van der Waals surface area contributed by atoms with Crippen molar-refractivity contribution >= 4 is 36.6 Å². The van der Waals surface area contributed by atoms with Crippen LogP contribution in [0.25, 0.3) is 0 Å². The van der Waals surface area contributed by atoms with Gasteiger partial charge in [-0.1, -0.05) is 0 Å². The summed E-state index contributed by atoms with van der Waals surface area (Å²) in [6.07, 6.45) is 0.346. The van der Waals surface area contributed by atoms with Crippen LogP contribution in [0.3, 0.4) is 0 Å². The van der Waals surface area contributed by atoms with Gasteiger partial charge in [-0.3, -0.25) is 9.59 Å². The van der Waals surface area contributed by atoms with Crippen LogP contribution in [0.2, 0.25) is 0 Å². The van der Waals surface area contributed by atoms with E-state index in [1.165, 1.54) is 0 Å². The van der Waals surface area contributed by atoms with Crippen molar-refractivity contribution in [3.63, 3.8) is 0 Å². The molecule has 0 radical (unpaired) electrons. The first kappa shape index (κ1) is 21.7. The average Bonchev–Trinajstić information content (AvgIpc) is 2.68. The van der Waals surface area contributed by atoms with Crippen molar-refractivity contribution in [3.8, 4) is 0 Å². The number of hydrogen-bond acceptors (Lipinski definition) is 4. The van der Waals surface area contributed by atoms with E-state index >= 15 is 0 Å². The topological polar surface area (TPSA) is 64.7 Å². The number of hydrogen-bond donors (Lipinski definition) is 2. The van der Waals surface area contributed by atoms with Crippen LogP contribution < -0.4 is 10.6 Å². The highest BCUT2D eigenvalue weighted by Crippen LogP contribution is 2.17. The molecule has 0 aliphatic carbocycles. The molecule has 1 rings (SSSR count). The number of carbonyl (C=O) groups is 2. The minimum atomic E-state index is -0.184. The van der Waals surface area contributed by atoms with Crippen molar-refractivity contribution < 1.29 is 9.59 Å². The first-order valence-corrected chi connectivity index (χ1v) is 6.39. The van der Waals surface area contributed by atoms with Crippen molar-refractivity contribution in [1.82, 2.24) is 20.4 Å². The molecule has 0 bridgehead atoms. The summed E-state index contributed by atoms with van der Waals surface area (Å²) in [4.78, 5) is 27.4. The molecule has 1 heterocycles.